The van der Waals surface area contributed by atoms with Crippen LogP contribution in [0.5, 0.6) is 0 Å². The molecule has 0 heterocycles. The zero-order valence-corrected chi connectivity index (χ0v) is 13.8. The minimum absolute atomic E-state index is 0.0520. The number of fused-ring (bicyclic) bond motifs is 1. The lowest BCUT2D eigenvalue weighted by Gasteiger charge is -2.09. The van der Waals surface area contributed by atoms with E-state index in [1.54, 1.807) is 6.92 Å². The second kappa shape index (κ2) is 8.57. The maximum Gasteiger partial charge on any atom is 0.216 e. The van der Waals surface area contributed by atoms with Crippen molar-refractivity contribution in [2.75, 3.05) is 6.54 Å². The van der Waals surface area contributed by atoms with E-state index >= 15 is 0 Å². The van der Waals surface area contributed by atoms with Gasteiger partial charge in [0.05, 0.1) is 0 Å². The van der Waals surface area contributed by atoms with Gasteiger partial charge in [0.1, 0.15) is 0 Å². The summed E-state index contributed by atoms with van der Waals surface area (Å²) in [5, 5.41) is 5.56. The molecule has 2 aromatic carbocycles. The van der Waals surface area contributed by atoms with E-state index in [0.29, 0.717) is 0 Å². The summed E-state index contributed by atoms with van der Waals surface area (Å²) >= 11 is 0. The van der Waals surface area contributed by atoms with Crippen LogP contribution in [0.1, 0.15) is 50.7 Å². The fourth-order valence-corrected chi connectivity index (χ4v) is 2.88. The van der Waals surface area contributed by atoms with Gasteiger partial charge in [-0.2, -0.15) is 0 Å². The Morgan fingerprint density at radius 3 is 2.68 bits per heavy atom. The van der Waals surface area contributed by atoms with Gasteiger partial charge < -0.3 is 5.32 Å². The van der Waals surface area contributed by atoms with Gasteiger partial charge in [-0.25, -0.2) is 0 Å². The van der Waals surface area contributed by atoms with Crippen molar-refractivity contribution < 1.29 is 4.79 Å². The number of amides is 1. The number of nitrogens with one attached hydrogen (secondary N) is 1. The molecular weight excluding hydrogens is 270 g/mol. The van der Waals surface area contributed by atoms with Gasteiger partial charge in [0.15, 0.2) is 0 Å². The summed E-state index contributed by atoms with van der Waals surface area (Å²) in [6, 6.07) is 13.4. The summed E-state index contributed by atoms with van der Waals surface area (Å²) in [5.41, 5.74) is 2.83. The highest BCUT2D eigenvalue weighted by Gasteiger charge is 2.03. The molecule has 1 N–H and O–H groups in total. The molecule has 2 rings (SSSR count). The minimum atomic E-state index is 0.0520. The summed E-state index contributed by atoms with van der Waals surface area (Å²) in [5.74, 6) is 0.0520. The fourth-order valence-electron chi connectivity index (χ4n) is 2.88. The molecule has 0 unspecified atom stereocenters. The molecule has 0 saturated heterocycles. The molecule has 0 fully saturated rings. The van der Waals surface area contributed by atoms with Crippen LogP contribution in [-0.4, -0.2) is 12.5 Å². The van der Waals surface area contributed by atoms with Crippen molar-refractivity contribution in [2.24, 2.45) is 0 Å². The Morgan fingerprint density at radius 2 is 1.91 bits per heavy atom. The highest BCUT2D eigenvalue weighted by molar-refractivity contribution is 5.86. The third-order valence-corrected chi connectivity index (χ3v) is 4.10. The molecule has 0 aromatic heterocycles. The van der Waals surface area contributed by atoms with Crippen LogP contribution in [0.15, 0.2) is 36.4 Å². The molecule has 0 atom stereocenters. The molecule has 0 aliphatic carbocycles. The average Bonchev–Trinajstić information content (AvgIpc) is 2.52. The molecule has 1 amide bonds. The molecule has 118 valence electrons. The molecule has 2 nitrogen and oxygen atoms in total. The van der Waals surface area contributed by atoms with Gasteiger partial charge in [-0.15, -0.1) is 0 Å². The summed E-state index contributed by atoms with van der Waals surface area (Å²) < 4.78 is 0. The van der Waals surface area contributed by atoms with Crippen molar-refractivity contribution in [1.82, 2.24) is 5.32 Å². The highest BCUT2D eigenvalue weighted by Crippen LogP contribution is 2.22. The van der Waals surface area contributed by atoms with Crippen LogP contribution in [0.4, 0.5) is 0 Å². The Kier molecular flexibility index (Phi) is 6.45. The topological polar surface area (TPSA) is 29.1 Å². The third-order valence-electron chi connectivity index (χ3n) is 4.10. The normalized spacial score (nSPS) is 10.8. The number of hydrogen-bond donors (Lipinski definition) is 1. The lowest BCUT2D eigenvalue weighted by Crippen LogP contribution is -2.21. The van der Waals surface area contributed by atoms with Crippen LogP contribution in [0, 0.1) is 0 Å². The first kappa shape index (κ1) is 16.5. The first-order valence-corrected chi connectivity index (χ1v) is 8.45. The van der Waals surface area contributed by atoms with E-state index in [0.717, 1.165) is 19.4 Å². The zero-order valence-electron chi connectivity index (χ0n) is 13.8. The van der Waals surface area contributed by atoms with Crippen molar-refractivity contribution in [2.45, 2.75) is 52.4 Å². The molecule has 22 heavy (non-hydrogen) atoms. The van der Waals surface area contributed by atoms with Gasteiger partial charge >= 0.3 is 0 Å². The number of hydrogen-bond acceptors (Lipinski definition) is 1. The van der Waals surface area contributed by atoms with Gasteiger partial charge in [-0.1, -0.05) is 56.2 Å². The van der Waals surface area contributed by atoms with Crippen molar-refractivity contribution in [3.05, 3.63) is 47.5 Å². The van der Waals surface area contributed by atoms with E-state index in [9.17, 15) is 4.79 Å². The van der Waals surface area contributed by atoms with Crippen molar-refractivity contribution >= 4 is 16.7 Å². The first-order valence-electron chi connectivity index (χ1n) is 8.45. The van der Waals surface area contributed by atoms with Crippen LogP contribution in [0.25, 0.3) is 10.8 Å². The molecule has 0 bridgehead atoms. The predicted octanol–water partition coefficient (Wildman–Crippen LogP) is 4.64. The van der Waals surface area contributed by atoms with E-state index in [2.05, 4.69) is 48.6 Å². The molecule has 0 aliphatic rings. The second-order valence-corrected chi connectivity index (χ2v) is 6.02. The van der Waals surface area contributed by atoms with E-state index in [4.69, 9.17) is 0 Å². The van der Waals surface area contributed by atoms with Crippen LogP contribution in [0.3, 0.4) is 0 Å². The highest BCUT2D eigenvalue weighted by atomic mass is 16.1. The third kappa shape index (κ3) is 4.87. The standard InChI is InChI=1S/C20H27NO/c1-3-4-5-8-17-12-13-19-10-6-9-18(20(19)15-17)11-7-14-21-16(2)22/h6,9-10,12-13,15H,3-5,7-8,11,14H2,1-2H3,(H,21,22). The number of benzene rings is 2. The quantitative estimate of drug-likeness (QED) is 0.706. The molecule has 0 saturated carbocycles. The summed E-state index contributed by atoms with van der Waals surface area (Å²) in [6.07, 6.45) is 7.00. The fraction of sp³-hybridized carbons (Fsp3) is 0.450. The Labute approximate surface area is 133 Å². The molecule has 0 aliphatic heterocycles. The Balaban J connectivity index is 2.08. The Hall–Kier alpha value is -1.83. The monoisotopic (exact) mass is 297 g/mol. The lowest BCUT2D eigenvalue weighted by molar-refractivity contribution is -0.118. The number of rotatable bonds is 8. The van der Waals surface area contributed by atoms with Gasteiger partial charge in [0, 0.05) is 13.5 Å². The SMILES string of the molecule is CCCCCc1ccc2cccc(CCCNC(C)=O)c2c1. The van der Waals surface area contributed by atoms with Gasteiger partial charge in [-0.05, 0) is 47.6 Å². The summed E-state index contributed by atoms with van der Waals surface area (Å²) in [7, 11) is 0. The lowest BCUT2D eigenvalue weighted by atomic mass is 9.97. The number of carbonyl (C=O) groups is 1. The summed E-state index contributed by atoms with van der Waals surface area (Å²) in [6.45, 7) is 4.57. The largest absolute Gasteiger partial charge is 0.356 e. The van der Waals surface area contributed by atoms with Crippen LogP contribution in [-0.2, 0) is 17.6 Å². The number of aryl methyl sites for hydroxylation is 2. The molecular formula is C20H27NO. The van der Waals surface area contributed by atoms with Gasteiger partial charge in [-0.3, -0.25) is 4.79 Å². The van der Waals surface area contributed by atoms with Crippen molar-refractivity contribution in [1.29, 1.82) is 0 Å². The Bertz CT molecular complexity index is 618. The molecule has 0 spiro atoms. The molecule has 2 heteroatoms. The van der Waals surface area contributed by atoms with Crippen LogP contribution < -0.4 is 5.32 Å². The van der Waals surface area contributed by atoms with Crippen LogP contribution in [0.2, 0.25) is 0 Å². The van der Waals surface area contributed by atoms with Crippen molar-refractivity contribution in [3.63, 3.8) is 0 Å². The van der Waals surface area contributed by atoms with Crippen LogP contribution >= 0.6 is 0 Å². The molecule has 0 radical (unpaired) electrons. The Morgan fingerprint density at radius 1 is 1.05 bits per heavy atom. The second-order valence-electron chi connectivity index (χ2n) is 6.02. The summed E-state index contributed by atoms with van der Waals surface area (Å²) in [4.78, 5) is 10.9. The first-order chi connectivity index (χ1) is 10.7. The average molecular weight is 297 g/mol. The molecule has 2 aromatic rings. The predicted molar refractivity (Wildman–Crippen MR) is 94.2 cm³/mol. The number of carbonyl (C=O) groups excluding carboxylic acids is 1. The zero-order chi connectivity index (χ0) is 15.8. The van der Waals surface area contributed by atoms with E-state index in [1.807, 2.05) is 0 Å². The smallest absolute Gasteiger partial charge is 0.216 e. The van der Waals surface area contributed by atoms with E-state index in [1.165, 1.54) is 47.6 Å². The van der Waals surface area contributed by atoms with Gasteiger partial charge in [0.25, 0.3) is 0 Å². The number of unbranched alkanes of at least 4 members (excludes halogenated alkanes) is 2. The minimum Gasteiger partial charge on any atom is -0.356 e. The maximum atomic E-state index is 10.9. The van der Waals surface area contributed by atoms with E-state index in [-0.39, 0.29) is 5.91 Å². The van der Waals surface area contributed by atoms with Gasteiger partial charge in [0.2, 0.25) is 5.91 Å². The maximum absolute atomic E-state index is 10.9. The van der Waals surface area contributed by atoms with E-state index < -0.39 is 0 Å². The van der Waals surface area contributed by atoms with Crippen molar-refractivity contribution in [3.8, 4) is 0 Å².